The molecule has 0 spiro atoms. The van der Waals surface area contributed by atoms with Crippen molar-refractivity contribution in [3.05, 3.63) is 92.5 Å². The molecule has 4 rings (SSSR count). The van der Waals surface area contributed by atoms with E-state index >= 15 is 0 Å². The summed E-state index contributed by atoms with van der Waals surface area (Å²) in [4.78, 5) is 12.0. The van der Waals surface area contributed by atoms with Crippen molar-refractivity contribution in [1.82, 2.24) is 10.5 Å². The van der Waals surface area contributed by atoms with Gasteiger partial charge in [-0.15, -0.1) is 0 Å². The zero-order valence-corrected chi connectivity index (χ0v) is 18.0. The molecule has 2 N–H and O–H groups in total. The van der Waals surface area contributed by atoms with Gasteiger partial charge in [-0.05, 0) is 68.3 Å². The van der Waals surface area contributed by atoms with E-state index < -0.39 is 0 Å². The Bertz CT molecular complexity index is 988. The third kappa shape index (κ3) is 4.44. The highest BCUT2D eigenvalue weighted by Crippen LogP contribution is 2.33. The van der Waals surface area contributed by atoms with Crippen molar-refractivity contribution in [3.63, 3.8) is 0 Å². The van der Waals surface area contributed by atoms with E-state index in [9.17, 15) is 4.79 Å². The van der Waals surface area contributed by atoms with Gasteiger partial charge in [0, 0.05) is 18.4 Å². The maximum Gasteiger partial charge on any atom is 0.284 e. The maximum atomic E-state index is 12.0. The van der Waals surface area contributed by atoms with Gasteiger partial charge in [-0.25, -0.2) is 0 Å². The smallest absolute Gasteiger partial charge is 0.284 e. The average molecular weight is 405 g/mol. The van der Waals surface area contributed by atoms with Crippen LogP contribution in [0.3, 0.4) is 0 Å². The Balaban J connectivity index is 1.38. The summed E-state index contributed by atoms with van der Waals surface area (Å²) in [5, 5.41) is 6.10. The SMILES string of the molecule is Cc1ccccc1C(CCCCNC1CCCc2o[nH]c(=O)c21)c1ccccc1C. The van der Waals surface area contributed by atoms with Crippen LogP contribution in [0.2, 0.25) is 0 Å². The number of benzene rings is 2. The molecule has 1 atom stereocenters. The van der Waals surface area contributed by atoms with Crippen molar-refractivity contribution in [3.8, 4) is 0 Å². The minimum absolute atomic E-state index is 0.0682. The number of nitrogens with one attached hydrogen (secondary N) is 2. The van der Waals surface area contributed by atoms with Crippen molar-refractivity contribution >= 4 is 0 Å². The fourth-order valence-corrected chi connectivity index (χ4v) is 4.88. The largest absolute Gasteiger partial charge is 0.383 e. The molecule has 0 amide bonds. The third-order valence-corrected chi connectivity index (χ3v) is 6.50. The van der Waals surface area contributed by atoms with Crippen molar-refractivity contribution in [1.29, 1.82) is 0 Å². The molecule has 1 aliphatic carbocycles. The summed E-state index contributed by atoms with van der Waals surface area (Å²) in [6.07, 6.45) is 6.29. The normalized spacial score (nSPS) is 16.0. The fraction of sp³-hybridized carbons (Fsp3) is 0.423. The molecule has 1 heterocycles. The molecule has 0 bridgehead atoms. The van der Waals surface area contributed by atoms with Gasteiger partial charge in [-0.1, -0.05) is 55.0 Å². The number of unbranched alkanes of at least 4 members (excludes halogenated alkanes) is 1. The van der Waals surface area contributed by atoms with Crippen molar-refractivity contribution < 1.29 is 4.52 Å². The summed E-state index contributed by atoms with van der Waals surface area (Å²) in [6, 6.07) is 17.6. The predicted molar refractivity (Wildman–Crippen MR) is 121 cm³/mol. The summed E-state index contributed by atoms with van der Waals surface area (Å²) >= 11 is 0. The number of rotatable bonds is 8. The zero-order valence-electron chi connectivity index (χ0n) is 18.0. The molecule has 1 aliphatic rings. The highest BCUT2D eigenvalue weighted by molar-refractivity contribution is 5.40. The molecule has 0 radical (unpaired) electrons. The highest BCUT2D eigenvalue weighted by Gasteiger charge is 2.26. The van der Waals surface area contributed by atoms with Crippen molar-refractivity contribution in [2.45, 2.75) is 64.3 Å². The summed E-state index contributed by atoms with van der Waals surface area (Å²) in [7, 11) is 0. The van der Waals surface area contributed by atoms with E-state index in [0.29, 0.717) is 5.92 Å². The molecule has 0 saturated carbocycles. The van der Waals surface area contributed by atoms with Gasteiger partial charge in [-0.3, -0.25) is 4.79 Å². The number of aromatic nitrogens is 1. The Kier molecular flexibility index (Phi) is 6.53. The molecule has 30 heavy (non-hydrogen) atoms. The Morgan fingerprint density at radius 1 is 1.03 bits per heavy atom. The molecule has 0 aliphatic heterocycles. The van der Waals surface area contributed by atoms with Crippen LogP contribution in [0.25, 0.3) is 0 Å². The molecular weight excluding hydrogens is 372 g/mol. The van der Waals surface area contributed by atoms with Crippen LogP contribution in [0.15, 0.2) is 57.8 Å². The Morgan fingerprint density at radius 3 is 2.37 bits per heavy atom. The fourth-order valence-electron chi connectivity index (χ4n) is 4.88. The lowest BCUT2D eigenvalue weighted by Gasteiger charge is -2.23. The van der Waals surface area contributed by atoms with Crippen LogP contribution in [-0.2, 0) is 6.42 Å². The molecule has 0 fully saturated rings. The van der Waals surface area contributed by atoms with Gasteiger partial charge in [-0.2, -0.15) is 5.16 Å². The van der Waals surface area contributed by atoms with Crippen LogP contribution in [0.1, 0.15) is 77.6 Å². The van der Waals surface area contributed by atoms with Crippen LogP contribution in [-0.4, -0.2) is 11.7 Å². The van der Waals surface area contributed by atoms with E-state index in [1.165, 1.54) is 22.3 Å². The van der Waals surface area contributed by atoms with E-state index in [4.69, 9.17) is 4.52 Å². The average Bonchev–Trinajstić information content (AvgIpc) is 3.14. The van der Waals surface area contributed by atoms with E-state index in [0.717, 1.165) is 56.4 Å². The molecule has 3 aromatic rings. The van der Waals surface area contributed by atoms with Gasteiger partial charge in [0.05, 0.1) is 5.56 Å². The van der Waals surface area contributed by atoms with Gasteiger partial charge >= 0.3 is 0 Å². The lowest BCUT2D eigenvalue weighted by Crippen LogP contribution is -2.29. The standard InChI is InChI=1S/C26H32N2O2/c1-18-10-3-5-12-20(18)22(21-13-6-4-11-19(21)2)14-7-8-17-27-23-15-9-16-24-25(23)26(29)28-30-24/h3-6,10-13,22-23,27H,7-9,14-17H2,1-2H3,(H,28,29). The molecule has 1 aromatic heterocycles. The second-order valence-corrected chi connectivity index (χ2v) is 8.53. The lowest BCUT2D eigenvalue weighted by molar-refractivity contribution is 0.352. The first-order valence-corrected chi connectivity index (χ1v) is 11.2. The molecule has 1 unspecified atom stereocenters. The van der Waals surface area contributed by atoms with Gasteiger partial charge in [0.1, 0.15) is 5.76 Å². The number of aryl methyl sites for hydroxylation is 3. The van der Waals surface area contributed by atoms with E-state index in [2.05, 4.69) is 72.9 Å². The van der Waals surface area contributed by atoms with Gasteiger partial charge < -0.3 is 9.84 Å². The monoisotopic (exact) mass is 404 g/mol. The molecule has 2 aromatic carbocycles. The second kappa shape index (κ2) is 9.48. The molecule has 158 valence electrons. The van der Waals surface area contributed by atoms with Crippen LogP contribution in [0.4, 0.5) is 0 Å². The third-order valence-electron chi connectivity index (χ3n) is 6.50. The van der Waals surface area contributed by atoms with Crippen LogP contribution >= 0.6 is 0 Å². The van der Waals surface area contributed by atoms with Gasteiger partial charge in [0.15, 0.2) is 0 Å². The first-order valence-electron chi connectivity index (χ1n) is 11.2. The van der Waals surface area contributed by atoms with E-state index in [1.54, 1.807) is 0 Å². The summed E-state index contributed by atoms with van der Waals surface area (Å²) in [6.45, 7) is 5.35. The van der Waals surface area contributed by atoms with E-state index in [1.807, 2.05) is 0 Å². The quantitative estimate of drug-likeness (QED) is 0.484. The van der Waals surface area contributed by atoms with Crippen LogP contribution in [0.5, 0.6) is 0 Å². The summed E-state index contributed by atoms with van der Waals surface area (Å²) in [5.74, 6) is 1.26. The molecule has 4 nitrogen and oxygen atoms in total. The summed E-state index contributed by atoms with van der Waals surface area (Å²) in [5.41, 5.74) is 6.33. The Hall–Kier alpha value is -2.59. The van der Waals surface area contributed by atoms with Crippen molar-refractivity contribution in [2.75, 3.05) is 6.54 Å². The molecule has 4 heteroatoms. The highest BCUT2D eigenvalue weighted by atomic mass is 16.5. The second-order valence-electron chi connectivity index (χ2n) is 8.53. The van der Waals surface area contributed by atoms with Crippen LogP contribution < -0.4 is 10.9 Å². The lowest BCUT2D eigenvalue weighted by atomic mass is 9.83. The van der Waals surface area contributed by atoms with Gasteiger partial charge in [0.25, 0.3) is 5.56 Å². The topological polar surface area (TPSA) is 58.0 Å². The summed E-state index contributed by atoms with van der Waals surface area (Å²) < 4.78 is 5.32. The number of hydrogen-bond donors (Lipinski definition) is 2. The van der Waals surface area contributed by atoms with Crippen LogP contribution in [0, 0.1) is 13.8 Å². The Labute approximate surface area is 178 Å². The number of hydrogen-bond acceptors (Lipinski definition) is 3. The number of aromatic amines is 1. The molecule has 0 saturated heterocycles. The van der Waals surface area contributed by atoms with E-state index in [-0.39, 0.29) is 11.6 Å². The van der Waals surface area contributed by atoms with Crippen molar-refractivity contribution in [2.24, 2.45) is 0 Å². The minimum Gasteiger partial charge on any atom is -0.383 e. The number of H-pyrrole nitrogens is 1. The first-order chi connectivity index (χ1) is 14.6. The predicted octanol–water partition coefficient (Wildman–Crippen LogP) is 5.55. The zero-order chi connectivity index (χ0) is 20.9. The molecular formula is C26H32N2O2. The minimum atomic E-state index is -0.0682. The maximum absolute atomic E-state index is 12.0. The number of fused-ring (bicyclic) bond motifs is 1. The van der Waals surface area contributed by atoms with Gasteiger partial charge in [0.2, 0.25) is 0 Å². The first kappa shape index (κ1) is 20.7. The Morgan fingerprint density at radius 2 is 1.70 bits per heavy atom.